The van der Waals surface area contributed by atoms with E-state index in [9.17, 15) is 22.4 Å². The quantitative estimate of drug-likeness (QED) is 0.488. The highest BCUT2D eigenvalue weighted by molar-refractivity contribution is 5.81. The van der Waals surface area contributed by atoms with Gasteiger partial charge in [0.2, 0.25) is 0 Å². The molecular formula is C17H10F4N4O. The van der Waals surface area contributed by atoms with Crippen LogP contribution in [-0.2, 0) is 13.2 Å². The SMILES string of the molecule is Cn1c(=O)c2cc(F)ccc2n2nc(-c3ccnc(C(F)(F)F)c3)cc12. The van der Waals surface area contributed by atoms with Crippen molar-refractivity contribution in [1.82, 2.24) is 19.2 Å². The van der Waals surface area contributed by atoms with Gasteiger partial charge in [0, 0.05) is 24.9 Å². The molecule has 0 amide bonds. The van der Waals surface area contributed by atoms with Crippen molar-refractivity contribution < 1.29 is 17.6 Å². The Labute approximate surface area is 143 Å². The Kier molecular flexibility index (Phi) is 3.36. The molecule has 5 nitrogen and oxygen atoms in total. The molecule has 0 saturated carbocycles. The van der Waals surface area contributed by atoms with Crippen molar-refractivity contribution in [2.45, 2.75) is 6.18 Å². The molecule has 26 heavy (non-hydrogen) atoms. The summed E-state index contributed by atoms with van der Waals surface area (Å²) in [6.45, 7) is 0. The van der Waals surface area contributed by atoms with Crippen LogP contribution in [0, 0.1) is 5.82 Å². The van der Waals surface area contributed by atoms with Gasteiger partial charge in [0.25, 0.3) is 5.56 Å². The first-order chi connectivity index (χ1) is 12.3. The van der Waals surface area contributed by atoms with Crippen LogP contribution >= 0.6 is 0 Å². The van der Waals surface area contributed by atoms with Crippen LogP contribution in [0.25, 0.3) is 27.8 Å². The minimum absolute atomic E-state index is 0.125. The van der Waals surface area contributed by atoms with Gasteiger partial charge in [0.1, 0.15) is 17.2 Å². The predicted octanol–water partition coefficient (Wildman–Crippen LogP) is 3.41. The van der Waals surface area contributed by atoms with Gasteiger partial charge in [-0.05, 0) is 30.3 Å². The highest BCUT2D eigenvalue weighted by Gasteiger charge is 2.32. The molecule has 0 aliphatic carbocycles. The van der Waals surface area contributed by atoms with Crippen molar-refractivity contribution >= 4 is 16.6 Å². The summed E-state index contributed by atoms with van der Waals surface area (Å²) in [4.78, 5) is 15.7. The molecule has 4 aromatic rings. The molecule has 3 aromatic heterocycles. The zero-order valence-corrected chi connectivity index (χ0v) is 13.3. The summed E-state index contributed by atoms with van der Waals surface area (Å²) in [6.07, 6.45) is -3.53. The lowest BCUT2D eigenvalue weighted by atomic mass is 10.1. The number of benzene rings is 1. The maximum absolute atomic E-state index is 13.5. The summed E-state index contributed by atoms with van der Waals surface area (Å²) in [6, 6.07) is 7.49. The number of aryl methyl sites for hydroxylation is 1. The minimum Gasteiger partial charge on any atom is -0.296 e. The molecule has 0 radical (unpaired) electrons. The van der Waals surface area contributed by atoms with E-state index >= 15 is 0 Å². The van der Waals surface area contributed by atoms with Gasteiger partial charge in [-0.2, -0.15) is 18.3 Å². The van der Waals surface area contributed by atoms with Crippen LogP contribution in [0.1, 0.15) is 5.69 Å². The molecule has 0 unspecified atom stereocenters. The van der Waals surface area contributed by atoms with Crippen LogP contribution in [0.5, 0.6) is 0 Å². The zero-order valence-electron chi connectivity index (χ0n) is 13.3. The van der Waals surface area contributed by atoms with Crippen molar-refractivity contribution in [2.75, 3.05) is 0 Å². The van der Waals surface area contributed by atoms with Crippen LogP contribution in [-0.4, -0.2) is 19.2 Å². The predicted molar refractivity (Wildman–Crippen MR) is 86.1 cm³/mol. The molecule has 1 aromatic carbocycles. The first-order valence-electron chi connectivity index (χ1n) is 7.47. The molecule has 0 spiro atoms. The molecule has 0 N–H and O–H groups in total. The van der Waals surface area contributed by atoms with Crippen molar-refractivity contribution in [3.8, 4) is 11.3 Å². The number of alkyl halides is 3. The monoisotopic (exact) mass is 362 g/mol. The van der Waals surface area contributed by atoms with Crippen molar-refractivity contribution in [1.29, 1.82) is 0 Å². The third-order valence-electron chi connectivity index (χ3n) is 4.10. The maximum atomic E-state index is 13.5. The second-order valence-electron chi connectivity index (χ2n) is 5.75. The summed E-state index contributed by atoms with van der Waals surface area (Å²) < 4.78 is 54.8. The highest BCUT2D eigenvalue weighted by Crippen LogP contribution is 2.30. The lowest BCUT2D eigenvalue weighted by Crippen LogP contribution is -2.19. The van der Waals surface area contributed by atoms with Gasteiger partial charge in [0.15, 0.2) is 0 Å². The number of halogens is 4. The largest absolute Gasteiger partial charge is 0.433 e. The lowest BCUT2D eigenvalue weighted by molar-refractivity contribution is -0.141. The minimum atomic E-state index is -4.58. The fraction of sp³-hybridized carbons (Fsp3) is 0.118. The van der Waals surface area contributed by atoms with E-state index in [2.05, 4.69) is 10.1 Å². The van der Waals surface area contributed by atoms with Crippen molar-refractivity contribution in [3.63, 3.8) is 0 Å². The molecule has 3 heterocycles. The third-order valence-corrected chi connectivity index (χ3v) is 4.10. The van der Waals surface area contributed by atoms with Crippen molar-refractivity contribution in [3.05, 3.63) is 64.5 Å². The van der Waals surface area contributed by atoms with Crippen molar-refractivity contribution in [2.24, 2.45) is 7.05 Å². The van der Waals surface area contributed by atoms with E-state index in [1.165, 1.54) is 40.4 Å². The summed E-state index contributed by atoms with van der Waals surface area (Å²) in [5, 5.41) is 4.43. The molecule has 9 heteroatoms. The highest BCUT2D eigenvalue weighted by atomic mass is 19.4. The Bertz CT molecular complexity index is 1220. The second-order valence-corrected chi connectivity index (χ2v) is 5.75. The van der Waals surface area contributed by atoms with Gasteiger partial charge in [-0.1, -0.05) is 0 Å². The van der Waals surface area contributed by atoms with Gasteiger partial charge >= 0.3 is 6.18 Å². The van der Waals surface area contributed by atoms with Gasteiger partial charge in [-0.3, -0.25) is 14.3 Å². The Morgan fingerprint density at radius 1 is 1.08 bits per heavy atom. The Balaban J connectivity index is 2.01. The second kappa shape index (κ2) is 5.38. The average molecular weight is 362 g/mol. The van der Waals surface area contributed by atoms with E-state index in [0.29, 0.717) is 11.2 Å². The topological polar surface area (TPSA) is 52.2 Å². The molecule has 0 atom stereocenters. The molecule has 0 bridgehead atoms. The van der Waals surface area contributed by atoms with E-state index in [-0.39, 0.29) is 16.6 Å². The number of hydrogen-bond acceptors (Lipinski definition) is 3. The Hall–Kier alpha value is -3.23. The summed E-state index contributed by atoms with van der Waals surface area (Å²) in [5.41, 5.74) is -0.282. The zero-order chi connectivity index (χ0) is 18.6. The van der Waals surface area contributed by atoms with E-state index < -0.39 is 23.2 Å². The van der Waals surface area contributed by atoms with E-state index in [4.69, 9.17) is 0 Å². The first-order valence-corrected chi connectivity index (χ1v) is 7.47. The summed E-state index contributed by atoms with van der Waals surface area (Å²) >= 11 is 0. The van der Waals surface area contributed by atoms with Crippen LogP contribution < -0.4 is 5.56 Å². The van der Waals surface area contributed by atoms with Gasteiger partial charge in [-0.25, -0.2) is 8.91 Å². The standard InChI is InChI=1S/C17H10F4N4O/c1-24-15-8-12(9-4-5-22-14(6-9)17(19,20)21)23-25(15)13-3-2-10(18)7-11(13)16(24)26/h2-8H,1H3. The van der Waals surface area contributed by atoms with Crippen LogP contribution in [0.15, 0.2) is 47.4 Å². The number of rotatable bonds is 1. The molecular weight excluding hydrogens is 352 g/mol. The normalized spacial score (nSPS) is 12.2. The molecule has 0 fully saturated rings. The van der Waals surface area contributed by atoms with Gasteiger partial charge < -0.3 is 0 Å². The average Bonchev–Trinajstić information content (AvgIpc) is 3.04. The molecule has 132 valence electrons. The first kappa shape index (κ1) is 16.2. The Morgan fingerprint density at radius 2 is 1.85 bits per heavy atom. The van der Waals surface area contributed by atoms with Gasteiger partial charge in [0.05, 0.1) is 16.6 Å². The number of aromatic nitrogens is 4. The van der Waals surface area contributed by atoms with Crippen LogP contribution in [0.3, 0.4) is 0 Å². The summed E-state index contributed by atoms with van der Waals surface area (Å²) in [7, 11) is 1.49. The molecule has 0 saturated heterocycles. The maximum Gasteiger partial charge on any atom is 0.433 e. The lowest BCUT2D eigenvalue weighted by Gasteiger charge is -2.06. The molecule has 4 rings (SSSR count). The summed E-state index contributed by atoms with van der Waals surface area (Å²) in [5.74, 6) is -0.565. The number of pyridine rings is 1. The number of fused-ring (bicyclic) bond motifs is 3. The van der Waals surface area contributed by atoms with Crippen LogP contribution in [0.2, 0.25) is 0 Å². The smallest absolute Gasteiger partial charge is 0.296 e. The van der Waals surface area contributed by atoms with E-state index in [1.54, 1.807) is 0 Å². The fourth-order valence-corrected chi connectivity index (χ4v) is 2.82. The fourth-order valence-electron chi connectivity index (χ4n) is 2.82. The molecule has 0 aliphatic heterocycles. The number of nitrogens with zero attached hydrogens (tertiary/aromatic N) is 4. The van der Waals surface area contributed by atoms with Gasteiger partial charge in [-0.15, -0.1) is 0 Å². The number of hydrogen-bond donors (Lipinski definition) is 0. The van der Waals surface area contributed by atoms with Crippen LogP contribution in [0.4, 0.5) is 17.6 Å². The van der Waals surface area contributed by atoms with E-state index in [1.807, 2.05) is 0 Å². The Morgan fingerprint density at radius 3 is 2.58 bits per heavy atom. The van der Waals surface area contributed by atoms with E-state index in [0.717, 1.165) is 18.3 Å². The third kappa shape index (κ3) is 2.43. The molecule has 0 aliphatic rings.